The Bertz CT molecular complexity index is 602. The number of hydrogen-bond acceptors (Lipinski definition) is 6. The number of anilines is 1. The van der Waals surface area contributed by atoms with Crippen molar-refractivity contribution in [3.05, 3.63) is 33.9 Å². The average molecular weight is 318 g/mol. The van der Waals surface area contributed by atoms with E-state index < -0.39 is 4.92 Å². The van der Waals surface area contributed by atoms with Crippen molar-refractivity contribution in [1.29, 1.82) is 5.26 Å². The van der Waals surface area contributed by atoms with Crippen LogP contribution >= 0.6 is 11.8 Å². The summed E-state index contributed by atoms with van der Waals surface area (Å²) in [6.45, 7) is 3.85. The maximum absolute atomic E-state index is 10.9. The largest absolute Gasteiger partial charge is 0.369 e. The summed E-state index contributed by atoms with van der Waals surface area (Å²) in [4.78, 5) is 15.1. The minimum atomic E-state index is -0.502. The smallest absolute Gasteiger partial charge is 0.287 e. The van der Waals surface area contributed by atoms with E-state index in [-0.39, 0.29) is 11.3 Å². The van der Waals surface area contributed by atoms with Gasteiger partial charge in [-0.1, -0.05) is 0 Å². The molecule has 7 heteroatoms. The van der Waals surface area contributed by atoms with Crippen LogP contribution in [-0.2, 0) is 0 Å². The highest BCUT2D eigenvalue weighted by Crippen LogP contribution is 2.27. The number of piperazine rings is 1. The van der Waals surface area contributed by atoms with Crippen molar-refractivity contribution in [2.24, 2.45) is 0 Å². The Hall–Kier alpha value is -1.78. The lowest BCUT2D eigenvalue weighted by Crippen LogP contribution is -2.50. The second kappa shape index (κ2) is 6.55. The molecule has 1 aromatic rings. The summed E-state index contributed by atoms with van der Waals surface area (Å²) < 4.78 is 0. The number of nitriles is 1. The van der Waals surface area contributed by atoms with E-state index in [1.54, 1.807) is 12.1 Å². The molecular weight excluding hydrogens is 300 g/mol. The van der Waals surface area contributed by atoms with Gasteiger partial charge in [-0.25, -0.2) is 0 Å². The zero-order valence-corrected chi connectivity index (χ0v) is 13.1. The number of benzene rings is 1. The van der Waals surface area contributed by atoms with Gasteiger partial charge in [0.05, 0.1) is 4.92 Å². The molecule has 2 aliphatic heterocycles. The SMILES string of the molecule is N#Cc1cc(N2CCN(C3CCSC3)CC2)ccc1[N+](=O)[O-]. The number of hydrogen-bond donors (Lipinski definition) is 0. The van der Waals surface area contributed by atoms with E-state index in [0.717, 1.165) is 31.9 Å². The first-order valence-electron chi connectivity index (χ1n) is 7.44. The molecule has 1 unspecified atom stereocenters. The van der Waals surface area contributed by atoms with E-state index in [1.807, 2.05) is 17.8 Å². The summed E-state index contributed by atoms with van der Waals surface area (Å²) in [7, 11) is 0. The highest BCUT2D eigenvalue weighted by Gasteiger charge is 2.27. The maximum Gasteiger partial charge on any atom is 0.287 e. The van der Waals surface area contributed by atoms with E-state index in [2.05, 4.69) is 9.80 Å². The van der Waals surface area contributed by atoms with Crippen LogP contribution in [0, 0.1) is 21.4 Å². The minimum Gasteiger partial charge on any atom is -0.369 e. The summed E-state index contributed by atoms with van der Waals surface area (Å²) in [5.41, 5.74) is 0.924. The van der Waals surface area contributed by atoms with E-state index >= 15 is 0 Å². The average Bonchev–Trinajstić information content (AvgIpc) is 3.08. The molecule has 0 aliphatic carbocycles. The summed E-state index contributed by atoms with van der Waals surface area (Å²) in [5.74, 6) is 2.49. The molecule has 0 aromatic heterocycles. The first-order valence-corrected chi connectivity index (χ1v) is 8.60. The molecule has 1 atom stereocenters. The third-order valence-corrected chi connectivity index (χ3v) is 5.54. The molecule has 0 saturated carbocycles. The predicted molar refractivity (Wildman–Crippen MR) is 87.3 cm³/mol. The van der Waals surface area contributed by atoms with Gasteiger partial charge in [-0.3, -0.25) is 15.0 Å². The molecule has 116 valence electrons. The molecular formula is C15H18N4O2S. The lowest BCUT2D eigenvalue weighted by Gasteiger charge is -2.38. The molecule has 2 saturated heterocycles. The van der Waals surface area contributed by atoms with Crippen molar-refractivity contribution in [1.82, 2.24) is 4.90 Å². The molecule has 0 bridgehead atoms. The standard InChI is InChI=1S/C15H18N4O2S/c16-10-12-9-13(1-2-15(12)19(20)21)17-4-6-18(7-5-17)14-3-8-22-11-14/h1-2,9,14H,3-8,11H2. The molecule has 2 heterocycles. The Morgan fingerprint density at radius 3 is 2.68 bits per heavy atom. The van der Waals surface area contributed by atoms with E-state index in [9.17, 15) is 10.1 Å². The van der Waals surface area contributed by atoms with Gasteiger partial charge in [0.25, 0.3) is 5.69 Å². The van der Waals surface area contributed by atoms with Crippen LogP contribution in [0.1, 0.15) is 12.0 Å². The Morgan fingerprint density at radius 2 is 2.09 bits per heavy atom. The topological polar surface area (TPSA) is 73.4 Å². The van der Waals surface area contributed by atoms with Crippen molar-refractivity contribution >= 4 is 23.1 Å². The van der Waals surface area contributed by atoms with Crippen molar-refractivity contribution < 1.29 is 4.92 Å². The lowest BCUT2D eigenvalue weighted by atomic mass is 10.1. The van der Waals surface area contributed by atoms with Gasteiger partial charge in [-0.05, 0) is 24.3 Å². The lowest BCUT2D eigenvalue weighted by molar-refractivity contribution is -0.385. The number of thioether (sulfide) groups is 1. The van der Waals surface area contributed by atoms with Gasteiger partial charge >= 0.3 is 0 Å². The van der Waals surface area contributed by atoms with E-state index in [0.29, 0.717) is 6.04 Å². The van der Waals surface area contributed by atoms with Crippen LogP contribution in [0.3, 0.4) is 0 Å². The summed E-state index contributed by atoms with van der Waals surface area (Å²) in [6.07, 6.45) is 1.28. The third-order valence-electron chi connectivity index (χ3n) is 4.40. The van der Waals surface area contributed by atoms with Crippen molar-refractivity contribution in [2.45, 2.75) is 12.5 Å². The minimum absolute atomic E-state index is 0.118. The number of nitro groups is 1. The first-order chi connectivity index (χ1) is 10.7. The molecule has 0 spiro atoms. The van der Waals surface area contributed by atoms with Crippen molar-refractivity contribution in [3.63, 3.8) is 0 Å². The summed E-state index contributed by atoms with van der Waals surface area (Å²) in [6, 6.07) is 7.46. The van der Waals surface area contributed by atoms with Crippen LogP contribution in [0.4, 0.5) is 11.4 Å². The molecule has 0 N–H and O–H groups in total. The zero-order valence-electron chi connectivity index (χ0n) is 12.3. The van der Waals surface area contributed by atoms with E-state index in [1.165, 1.54) is 24.0 Å². The summed E-state index contributed by atoms with van der Waals surface area (Å²) >= 11 is 2.03. The van der Waals surface area contributed by atoms with Crippen molar-refractivity contribution in [3.8, 4) is 6.07 Å². The first kappa shape index (κ1) is 15.1. The zero-order chi connectivity index (χ0) is 15.5. The molecule has 0 radical (unpaired) electrons. The Kier molecular flexibility index (Phi) is 4.50. The van der Waals surface area contributed by atoms with Crippen LogP contribution in [0.25, 0.3) is 0 Å². The second-order valence-electron chi connectivity index (χ2n) is 5.61. The van der Waals surface area contributed by atoms with Crippen LogP contribution < -0.4 is 4.90 Å². The predicted octanol–water partition coefficient (Wildman–Crippen LogP) is 2.09. The highest BCUT2D eigenvalue weighted by atomic mass is 32.2. The van der Waals surface area contributed by atoms with Gasteiger partial charge < -0.3 is 4.90 Å². The summed E-state index contributed by atoms with van der Waals surface area (Å²) in [5, 5.41) is 20.0. The van der Waals surface area contributed by atoms with Gasteiger partial charge in [0.1, 0.15) is 11.6 Å². The highest BCUT2D eigenvalue weighted by molar-refractivity contribution is 7.99. The normalized spacial score (nSPS) is 22.5. The fourth-order valence-electron chi connectivity index (χ4n) is 3.12. The van der Waals surface area contributed by atoms with Gasteiger partial charge in [-0.15, -0.1) is 0 Å². The monoisotopic (exact) mass is 318 g/mol. The molecule has 2 aliphatic rings. The fraction of sp³-hybridized carbons (Fsp3) is 0.533. The van der Waals surface area contributed by atoms with Gasteiger partial charge in [0, 0.05) is 49.7 Å². The second-order valence-corrected chi connectivity index (χ2v) is 6.76. The van der Waals surface area contributed by atoms with Crippen LogP contribution in [0.15, 0.2) is 18.2 Å². The Balaban J connectivity index is 1.68. The van der Waals surface area contributed by atoms with Crippen LogP contribution in [0.2, 0.25) is 0 Å². The van der Waals surface area contributed by atoms with Gasteiger partial charge in [0.2, 0.25) is 0 Å². The molecule has 6 nitrogen and oxygen atoms in total. The van der Waals surface area contributed by atoms with Crippen molar-refractivity contribution in [2.75, 3.05) is 42.6 Å². The van der Waals surface area contributed by atoms with Crippen LogP contribution in [-0.4, -0.2) is 53.5 Å². The number of rotatable bonds is 3. The van der Waals surface area contributed by atoms with Crippen LogP contribution in [0.5, 0.6) is 0 Å². The quantitative estimate of drug-likeness (QED) is 0.627. The van der Waals surface area contributed by atoms with Gasteiger partial charge in [-0.2, -0.15) is 17.0 Å². The molecule has 3 rings (SSSR count). The van der Waals surface area contributed by atoms with Gasteiger partial charge in [0.15, 0.2) is 0 Å². The van der Waals surface area contributed by atoms with E-state index in [4.69, 9.17) is 5.26 Å². The Morgan fingerprint density at radius 1 is 1.32 bits per heavy atom. The maximum atomic E-state index is 10.9. The Labute approximate surface area is 133 Å². The fourth-order valence-corrected chi connectivity index (χ4v) is 4.38. The molecule has 1 aromatic carbocycles. The number of nitro benzene ring substituents is 1. The third kappa shape index (κ3) is 3.03. The molecule has 0 amide bonds. The molecule has 2 fully saturated rings. The number of nitrogens with zero attached hydrogens (tertiary/aromatic N) is 4. The molecule has 22 heavy (non-hydrogen) atoms.